The normalized spacial score (nSPS) is 10.2. The molecule has 1 amide bonds. The zero-order chi connectivity index (χ0) is 14.5. The Balaban J connectivity index is 1.90. The summed E-state index contributed by atoms with van der Waals surface area (Å²) in [5.74, 6) is -1.49. The van der Waals surface area contributed by atoms with Crippen molar-refractivity contribution in [3.8, 4) is 5.75 Å². The van der Waals surface area contributed by atoms with Crippen molar-refractivity contribution in [2.45, 2.75) is 6.92 Å². The second kappa shape index (κ2) is 6.14. The first-order valence-electron chi connectivity index (χ1n) is 5.99. The van der Waals surface area contributed by atoms with Crippen molar-refractivity contribution in [3.63, 3.8) is 0 Å². The van der Waals surface area contributed by atoms with E-state index in [2.05, 4.69) is 5.32 Å². The summed E-state index contributed by atoms with van der Waals surface area (Å²) >= 11 is 0. The molecule has 0 spiro atoms. The van der Waals surface area contributed by atoms with Crippen LogP contribution < -0.4 is 10.1 Å². The smallest absolute Gasteiger partial charge is 0.262 e. The number of benzene rings is 2. The van der Waals surface area contributed by atoms with E-state index >= 15 is 0 Å². The van der Waals surface area contributed by atoms with Crippen LogP contribution in [-0.4, -0.2) is 12.5 Å². The summed E-state index contributed by atoms with van der Waals surface area (Å²) in [4.78, 5) is 11.6. The highest BCUT2D eigenvalue weighted by Gasteiger charge is 2.08. The van der Waals surface area contributed by atoms with Crippen molar-refractivity contribution in [1.29, 1.82) is 0 Å². The quantitative estimate of drug-likeness (QED) is 0.931. The van der Waals surface area contributed by atoms with Crippen LogP contribution in [0.25, 0.3) is 0 Å². The molecule has 0 aromatic heterocycles. The SMILES string of the molecule is Cc1ccc(OCC(=O)Nc2ccc(F)cc2F)cc1. The van der Waals surface area contributed by atoms with Gasteiger partial charge in [0.1, 0.15) is 17.4 Å². The molecular formula is C15H13F2NO2. The van der Waals surface area contributed by atoms with Gasteiger partial charge in [0.25, 0.3) is 5.91 Å². The van der Waals surface area contributed by atoms with Crippen LogP contribution in [0.4, 0.5) is 14.5 Å². The van der Waals surface area contributed by atoms with Gasteiger partial charge in [0.05, 0.1) is 5.69 Å². The third-order valence-corrected chi connectivity index (χ3v) is 2.60. The number of amides is 1. The Kier molecular flexibility index (Phi) is 4.30. The first kappa shape index (κ1) is 14.0. The van der Waals surface area contributed by atoms with Crippen molar-refractivity contribution in [1.82, 2.24) is 0 Å². The van der Waals surface area contributed by atoms with Gasteiger partial charge in [-0.05, 0) is 31.2 Å². The van der Waals surface area contributed by atoms with Crippen LogP contribution >= 0.6 is 0 Å². The number of carbonyl (C=O) groups excluding carboxylic acids is 1. The molecule has 0 saturated heterocycles. The lowest BCUT2D eigenvalue weighted by Gasteiger charge is -2.08. The van der Waals surface area contributed by atoms with Crippen LogP contribution in [0.2, 0.25) is 0 Å². The van der Waals surface area contributed by atoms with E-state index in [4.69, 9.17) is 4.74 Å². The number of anilines is 1. The van der Waals surface area contributed by atoms with Gasteiger partial charge >= 0.3 is 0 Å². The number of aryl methyl sites for hydroxylation is 1. The Labute approximate surface area is 115 Å². The van der Waals surface area contributed by atoms with Crippen LogP contribution in [-0.2, 0) is 4.79 Å². The maximum atomic E-state index is 13.3. The summed E-state index contributed by atoms with van der Waals surface area (Å²) in [6.45, 7) is 1.69. The zero-order valence-electron chi connectivity index (χ0n) is 10.8. The van der Waals surface area contributed by atoms with Crippen LogP contribution in [0.1, 0.15) is 5.56 Å². The first-order chi connectivity index (χ1) is 9.54. The summed E-state index contributed by atoms with van der Waals surface area (Å²) in [5, 5.41) is 2.31. The van der Waals surface area contributed by atoms with Crippen molar-refractivity contribution in [3.05, 3.63) is 59.7 Å². The Bertz CT molecular complexity index is 612. The van der Waals surface area contributed by atoms with Gasteiger partial charge < -0.3 is 10.1 Å². The van der Waals surface area contributed by atoms with E-state index in [0.29, 0.717) is 11.8 Å². The third kappa shape index (κ3) is 3.78. The van der Waals surface area contributed by atoms with E-state index < -0.39 is 17.5 Å². The van der Waals surface area contributed by atoms with Gasteiger partial charge in [-0.1, -0.05) is 17.7 Å². The Morgan fingerprint density at radius 3 is 2.50 bits per heavy atom. The van der Waals surface area contributed by atoms with Crippen LogP contribution in [0.3, 0.4) is 0 Å². The van der Waals surface area contributed by atoms with Crippen LogP contribution in [0.15, 0.2) is 42.5 Å². The Hall–Kier alpha value is -2.43. The fraction of sp³-hybridized carbons (Fsp3) is 0.133. The topological polar surface area (TPSA) is 38.3 Å². The van der Waals surface area contributed by atoms with Crippen molar-refractivity contribution in [2.75, 3.05) is 11.9 Å². The first-order valence-corrected chi connectivity index (χ1v) is 5.99. The lowest BCUT2D eigenvalue weighted by molar-refractivity contribution is -0.118. The van der Waals surface area contributed by atoms with Crippen LogP contribution in [0.5, 0.6) is 5.75 Å². The van der Waals surface area contributed by atoms with Crippen molar-refractivity contribution in [2.24, 2.45) is 0 Å². The maximum Gasteiger partial charge on any atom is 0.262 e. The van der Waals surface area contributed by atoms with E-state index in [1.807, 2.05) is 19.1 Å². The molecule has 0 radical (unpaired) electrons. The minimum absolute atomic E-state index is 0.0797. The highest BCUT2D eigenvalue weighted by Crippen LogP contribution is 2.15. The van der Waals surface area contributed by atoms with E-state index in [-0.39, 0.29) is 12.3 Å². The summed E-state index contributed by atoms with van der Waals surface area (Å²) in [6.07, 6.45) is 0. The third-order valence-electron chi connectivity index (χ3n) is 2.60. The number of hydrogen-bond donors (Lipinski definition) is 1. The van der Waals surface area contributed by atoms with E-state index in [9.17, 15) is 13.6 Å². The maximum absolute atomic E-state index is 13.3. The monoisotopic (exact) mass is 277 g/mol. The molecule has 0 aliphatic carbocycles. The summed E-state index contributed by atoms with van der Waals surface area (Å²) < 4.78 is 31.3. The second-order valence-electron chi connectivity index (χ2n) is 4.27. The molecule has 0 bridgehead atoms. The molecule has 2 aromatic carbocycles. The second-order valence-corrected chi connectivity index (χ2v) is 4.27. The largest absolute Gasteiger partial charge is 0.484 e. The summed E-state index contributed by atoms with van der Waals surface area (Å²) in [6, 6.07) is 10.1. The number of hydrogen-bond acceptors (Lipinski definition) is 2. The van der Waals surface area contributed by atoms with Gasteiger partial charge in [-0.15, -0.1) is 0 Å². The molecule has 0 atom stereocenters. The van der Waals surface area contributed by atoms with Gasteiger partial charge in [-0.3, -0.25) is 4.79 Å². The molecule has 104 valence electrons. The van der Waals surface area contributed by atoms with Crippen molar-refractivity contribution < 1.29 is 18.3 Å². The predicted octanol–water partition coefficient (Wildman–Crippen LogP) is 3.29. The fourth-order valence-electron chi connectivity index (χ4n) is 1.56. The predicted molar refractivity (Wildman–Crippen MR) is 71.7 cm³/mol. The molecule has 3 nitrogen and oxygen atoms in total. The molecule has 0 aliphatic heterocycles. The molecule has 5 heteroatoms. The Morgan fingerprint density at radius 2 is 1.85 bits per heavy atom. The van der Waals surface area contributed by atoms with E-state index in [1.54, 1.807) is 12.1 Å². The standard InChI is InChI=1S/C15H13F2NO2/c1-10-2-5-12(6-3-10)20-9-15(19)18-14-7-4-11(16)8-13(14)17/h2-8H,9H2,1H3,(H,18,19). The highest BCUT2D eigenvalue weighted by molar-refractivity contribution is 5.91. The minimum atomic E-state index is -0.825. The molecule has 0 aliphatic rings. The molecular weight excluding hydrogens is 264 g/mol. The van der Waals surface area contributed by atoms with Gasteiger partial charge in [-0.2, -0.15) is 0 Å². The van der Waals surface area contributed by atoms with Gasteiger partial charge in [-0.25, -0.2) is 8.78 Å². The molecule has 0 unspecified atom stereocenters. The highest BCUT2D eigenvalue weighted by atomic mass is 19.1. The lowest BCUT2D eigenvalue weighted by Crippen LogP contribution is -2.20. The molecule has 20 heavy (non-hydrogen) atoms. The van der Waals surface area contributed by atoms with E-state index in [0.717, 1.165) is 17.7 Å². The van der Waals surface area contributed by atoms with Gasteiger partial charge in [0.2, 0.25) is 0 Å². The van der Waals surface area contributed by atoms with Gasteiger partial charge in [0.15, 0.2) is 6.61 Å². The average Bonchev–Trinajstić information content (AvgIpc) is 2.41. The number of nitrogens with one attached hydrogen (secondary N) is 1. The van der Waals surface area contributed by atoms with Crippen molar-refractivity contribution >= 4 is 11.6 Å². The number of halogens is 2. The molecule has 1 N–H and O–H groups in total. The van der Waals surface area contributed by atoms with E-state index in [1.165, 1.54) is 0 Å². The molecule has 0 saturated carbocycles. The van der Waals surface area contributed by atoms with Gasteiger partial charge in [0, 0.05) is 6.07 Å². The average molecular weight is 277 g/mol. The molecule has 2 rings (SSSR count). The fourth-order valence-corrected chi connectivity index (χ4v) is 1.56. The zero-order valence-corrected chi connectivity index (χ0v) is 10.8. The van der Waals surface area contributed by atoms with Crippen LogP contribution in [0, 0.1) is 18.6 Å². The number of carbonyl (C=O) groups is 1. The summed E-state index contributed by atoms with van der Waals surface area (Å²) in [5.41, 5.74) is 0.999. The lowest BCUT2D eigenvalue weighted by atomic mass is 10.2. The number of rotatable bonds is 4. The molecule has 0 heterocycles. The minimum Gasteiger partial charge on any atom is -0.484 e. The summed E-state index contributed by atoms with van der Waals surface area (Å²) in [7, 11) is 0. The number of ether oxygens (including phenoxy) is 1. The molecule has 0 fully saturated rings. The Morgan fingerprint density at radius 1 is 1.15 bits per heavy atom. The molecule has 2 aromatic rings.